The Morgan fingerprint density at radius 3 is 2.78 bits per heavy atom. The first-order valence-corrected chi connectivity index (χ1v) is 7.52. The van der Waals surface area contributed by atoms with E-state index in [1.165, 1.54) is 24.1 Å². The van der Waals surface area contributed by atoms with Crippen LogP contribution in [0, 0.1) is 11.8 Å². The lowest BCUT2D eigenvalue weighted by molar-refractivity contribution is 0.0964. The van der Waals surface area contributed by atoms with Gasteiger partial charge in [-0.2, -0.15) is 0 Å². The number of likely N-dealkylation sites (tertiary alicyclic amines) is 1. The van der Waals surface area contributed by atoms with E-state index in [1.54, 1.807) is 11.3 Å². The highest BCUT2D eigenvalue weighted by atomic mass is 32.1. The molecule has 2 nitrogen and oxygen atoms in total. The molecule has 18 heavy (non-hydrogen) atoms. The van der Waals surface area contributed by atoms with Crippen molar-refractivity contribution in [2.75, 3.05) is 6.61 Å². The number of aliphatic hydroxyl groups is 1. The second-order valence-electron chi connectivity index (χ2n) is 5.02. The number of hydrogen-bond donors (Lipinski definition) is 1. The van der Waals surface area contributed by atoms with Gasteiger partial charge in [0.05, 0.1) is 0 Å². The topological polar surface area (TPSA) is 23.5 Å². The zero-order valence-corrected chi connectivity index (χ0v) is 12.0. The van der Waals surface area contributed by atoms with E-state index in [4.69, 9.17) is 5.11 Å². The lowest BCUT2D eigenvalue weighted by Gasteiger charge is -2.38. The number of aliphatic hydroxyl groups excluding tert-OH is 1. The molecule has 0 aromatic carbocycles. The average molecular weight is 263 g/mol. The predicted octanol–water partition coefficient (Wildman–Crippen LogP) is 2.85. The highest BCUT2D eigenvalue weighted by molar-refractivity contribution is 7.10. The number of thiophene rings is 1. The molecule has 1 saturated heterocycles. The Labute approximate surface area is 114 Å². The van der Waals surface area contributed by atoms with Crippen LogP contribution in [0.1, 0.15) is 43.6 Å². The Kier molecular flexibility index (Phi) is 4.82. The Morgan fingerprint density at radius 2 is 2.11 bits per heavy atom. The summed E-state index contributed by atoms with van der Waals surface area (Å²) in [5, 5.41) is 10.9. The van der Waals surface area contributed by atoms with Gasteiger partial charge in [-0.15, -0.1) is 11.3 Å². The highest BCUT2D eigenvalue weighted by Gasteiger charge is 2.25. The second-order valence-corrected chi connectivity index (χ2v) is 6.02. The molecule has 1 aromatic heterocycles. The Bertz CT molecular complexity index is 433. The molecule has 0 amide bonds. The van der Waals surface area contributed by atoms with E-state index < -0.39 is 0 Å². The van der Waals surface area contributed by atoms with Crippen molar-refractivity contribution in [2.24, 2.45) is 0 Å². The van der Waals surface area contributed by atoms with Crippen LogP contribution < -0.4 is 0 Å². The van der Waals surface area contributed by atoms with Crippen molar-refractivity contribution in [2.45, 2.75) is 51.7 Å². The Morgan fingerprint density at radius 1 is 1.39 bits per heavy atom. The van der Waals surface area contributed by atoms with Crippen LogP contribution in [0.25, 0.3) is 0 Å². The fraction of sp³-hybridized carbons (Fsp3) is 0.600. The van der Waals surface area contributed by atoms with Gasteiger partial charge >= 0.3 is 0 Å². The molecule has 1 aliphatic heterocycles. The molecule has 1 aromatic rings. The van der Waals surface area contributed by atoms with Gasteiger partial charge in [-0.3, -0.25) is 4.90 Å². The maximum absolute atomic E-state index is 8.78. The van der Waals surface area contributed by atoms with Gasteiger partial charge in [0.2, 0.25) is 0 Å². The van der Waals surface area contributed by atoms with E-state index in [0.29, 0.717) is 12.1 Å². The Balaban J connectivity index is 2.10. The molecule has 0 spiro atoms. The van der Waals surface area contributed by atoms with Crippen LogP contribution in [0.15, 0.2) is 11.4 Å². The van der Waals surface area contributed by atoms with Crippen LogP contribution in [0.4, 0.5) is 0 Å². The van der Waals surface area contributed by atoms with Crippen molar-refractivity contribution in [1.82, 2.24) is 4.90 Å². The maximum Gasteiger partial charge on any atom is 0.104 e. The molecule has 1 fully saturated rings. The van der Waals surface area contributed by atoms with Crippen molar-refractivity contribution in [1.29, 1.82) is 0 Å². The van der Waals surface area contributed by atoms with E-state index >= 15 is 0 Å². The lowest BCUT2D eigenvalue weighted by Crippen LogP contribution is -2.42. The summed E-state index contributed by atoms with van der Waals surface area (Å²) in [6.07, 6.45) is 3.95. The van der Waals surface area contributed by atoms with Gasteiger partial charge in [-0.1, -0.05) is 18.3 Å². The van der Waals surface area contributed by atoms with Crippen LogP contribution in [-0.4, -0.2) is 28.7 Å². The van der Waals surface area contributed by atoms with Crippen molar-refractivity contribution in [3.8, 4) is 11.8 Å². The van der Waals surface area contributed by atoms with Crippen LogP contribution >= 0.6 is 11.3 Å². The van der Waals surface area contributed by atoms with Gasteiger partial charge in [0.1, 0.15) is 6.61 Å². The first kappa shape index (κ1) is 13.6. The normalized spacial score (nSPS) is 24.6. The van der Waals surface area contributed by atoms with Gasteiger partial charge in [0.25, 0.3) is 0 Å². The quantitative estimate of drug-likeness (QED) is 0.829. The third kappa shape index (κ3) is 3.14. The minimum absolute atomic E-state index is 0.0637. The number of nitrogens with zero attached hydrogens (tertiary/aromatic N) is 1. The monoisotopic (exact) mass is 263 g/mol. The van der Waals surface area contributed by atoms with E-state index in [0.717, 1.165) is 12.1 Å². The van der Waals surface area contributed by atoms with E-state index in [2.05, 4.69) is 42.0 Å². The van der Waals surface area contributed by atoms with Crippen molar-refractivity contribution in [3.05, 3.63) is 21.9 Å². The Hall–Kier alpha value is -0.820. The maximum atomic E-state index is 8.78. The molecule has 98 valence electrons. The van der Waals surface area contributed by atoms with E-state index in [1.807, 2.05) is 0 Å². The highest BCUT2D eigenvalue weighted by Crippen LogP contribution is 2.27. The van der Waals surface area contributed by atoms with Crippen LogP contribution in [-0.2, 0) is 6.54 Å². The molecule has 2 atom stereocenters. The third-order valence-electron chi connectivity index (χ3n) is 3.75. The molecule has 0 saturated carbocycles. The molecule has 1 aliphatic rings. The van der Waals surface area contributed by atoms with E-state index in [9.17, 15) is 0 Å². The molecular formula is C15H21NOS. The molecule has 1 N–H and O–H groups in total. The zero-order chi connectivity index (χ0) is 13.0. The first-order valence-electron chi connectivity index (χ1n) is 6.64. The van der Waals surface area contributed by atoms with Gasteiger partial charge in [0.15, 0.2) is 0 Å². The number of rotatable bonds is 2. The summed E-state index contributed by atoms with van der Waals surface area (Å²) < 4.78 is 0. The lowest BCUT2D eigenvalue weighted by atomic mass is 9.97. The van der Waals surface area contributed by atoms with Gasteiger partial charge in [0, 0.05) is 29.1 Å². The van der Waals surface area contributed by atoms with Gasteiger partial charge in [-0.05, 0) is 38.1 Å². The summed E-state index contributed by atoms with van der Waals surface area (Å²) in [7, 11) is 0. The molecule has 0 bridgehead atoms. The third-order valence-corrected chi connectivity index (χ3v) is 4.66. The SMILES string of the molecule is CC1CCCC(C)N1Cc1sccc1C#CCO. The van der Waals surface area contributed by atoms with Crippen molar-refractivity contribution in [3.63, 3.8) is 0 Å². The van der Waals surface area contributed by atoms with Crippen LogP contribution in [0.3, 0.4) is 0 Å². The smallest absolute Gasteiger partial charge is 0.104 e. The molecular weight excluding hydrogens is 242 g/mol. The first-order chi connectivity index (χ1) is 8.72. The van der Waals surface area contributed by atoms with Crippen molar-refractivity contribution < 1.29 is 5.11 Å². The van der Waals surface area contributed by atoms with Gasteiger partial charge in [-0.25, -0.2) is 0 Å². The molecule has 2 heterocycles. The summed E-state index contributed by atoms with van der Waals surface area (Å²) in [6, 6.07) is 3.38. The molecule has 0 aliphatic carbocycles. The summed E-state index contributed by atoms with van der Waals surface area (Å²) in [5.41, 5.74) is 1.08. The molecule has 2 unspecified atom stereocenters. The predicted molar refractivity (Wildman–Crippen MR) is 76.6 cm³/mol. The second kappa shape index (κ2) is 6.38. The summed E-state index contributed by atoms with van der Waals surface area (Å²) >= 11 is 1.77. The van der Waals surface area contributed by atoms with Crippen molar-refractivity contribution >= 4 is 11.3 Å². The molecule has 3 heteroatoms. The van der Waals surface area contributed by atoms with Gasteiger partial charge < -0.3 is 5.11 Å². The number of piperidine rings is 1. The standard InChI is InChI=1S/C15H21NOS/c1-12-5-3-6-13(2)16(12)11-15-14(7-4-9-17)8-10-18-15/h8,10,12-13,17H,3,5-6,9,11H2,1-2H3. The molecule has 2 rings (SSSR count). The molecule has 0 radical (unpaired) electrons. The fourth-order valence-electron chi connectivity index (χ4n) is 2.66. The minimum Gasteiger partial charge on any atom is -0.384 e. The zero-order valence-electron chi connectivity index (χ0n) is 11.1. The van der Waals surface area contributed by atoms with Crippen LogP contribution in [0.2, 0.25) is 0 Å². The summed E-state index contributed by atoms with van der Waals surface area (Å²) in [5.74, 6) is 5.79. The largest absolute Gasteiger partial charge is 0.384 e. The summed E-state index contributed by atoms with van der Waals surface area (Å²) in [4.78, 5) is 3.91. The summed E-state index contributed by atoms with van der Waals surface area (Å²) in [6.45, 7) is 5.58. The minimum atomic E-state index is -0.0637. The number of hydrogen-bond acceptors (Lipinski definition) is 3. The van der Waals surface area contributed by atoms with E-state index in [-0.39, 0.29) is 6.61 Å². The average Bonchev–Trinajstić information content (AvgIpc) is 2.79. The van der Waals surface area contributed by atoms with Crippen LogP contribution in [0.5, 0.6) is 0 Å². The fourth-order valence-corrected chi connectivity index (χ4v) is 3.50.